The fraction of sp³-hybridized carbons (Fsp3) is 0.375. The fourth-order valence-electron chi connectivity index (χ4n) is 2.67. The number of aryl methyl sites for hydroxylation is 1. The van der Waals surface area contributed by atoms with E-state index in [1.54, 1.807) is 27.9 Å². The Morgan fingerprint density at radius 1 is 1.12 bits per heavy atom. The van der Waals surface area contributed by atoms with Crippen LogP contribution in [0.15, 0.2) is 53.6 Å². The number of benzene rings is 2. The number of carbonyl (C=O) groups excluding carboxylic acids is 2. The van der Waals surface area contributed by atoms with Gasteiger partial charge >= 0.3 is 6.09 Å². The third-order valence-electron chi connectivity index (χ3n) is 4.22. The first-order chi connectivity index (χ1) is 15.2. The van der Waals surface area contributed by atoms with Gasteiger partial charge in [-0.1, -0.05) is 42.5 Å². The lowest BCUT2D eigenvalue weighted by Gasteiger charge is -2.22. The summed E-state index contributed by atoms with van der Waals surface area (Å²) in [6.07, 6.45) is 0.781. The van der Waals surface area contributed by atoms with Gasteiger partial charge in [0, 0.05) is 0 Å². The van der Waals surface area contributed by atoms with Gasteiger partial charge < -0.3 is 19.5 Å². The smallest absolute Gasteiger partial charge is 0.408 e. The monoisotopic (exact) mass is 441 g/mol. The number of rotatable bonds is 9. The van der Waals surface area contributed by atoms with Crippen molar-refractivity contribution in [1.29, 1.82) is 0 Å². The van der Waals surface area contributed by atoms with Crippen molar-refractivity contribution in [2.45, 2.75) is 45.9 Å². The first-order valence-corrected chi connectivity index (χ1v) is 10.3. The zero-order valence-corrected chi connectivity index (χ0v) is 19.2. The van der Waals surface area contributed by atoms with E-state index >= 15 is 0 Å². The molecule has 172 valence electrons. The van der Waals surface area contributed by atoms with E-state index in [2.05, 4.69) is 15.8 Å². The van der Waals surface area contributed by atoms with E-state index in [1.807, 2.05) is 55.5 Å². The molecule has 0 spiro atoms. The molecule has 8 nitrogen and oxygen atoms in total. The molecule has 0 unspecified atom stereocenters. The fourth-order valence-corrected chi connectivity index (χ4v) is 2.67. The lowest BCUT2D eigenvalue weighted by Crippen LogP contribution is -2.49. The molecule has 2 aromatic rings. The largest absolute Gasteiger partial charge is 0.496 e. The number of nitrogens with one attached hydrogen (secondary N) is 2. The van der Waals surface area contributed by atoms with E-state index in [9.17, 15) is 9.59 Å². The number of carbonyl (C=O) groups is 2. The Morgan fingerprint density at radius 2 is 1.84 bits per heavy atom. The van der Waals surface area contributed by atoms with Crippen molar-refractivity contribution < 1.29 is 23.8 Å². The maximum atomic E-state index is 12.7. The average molecular weight is 442 g/mol. The Balaban J connectivity index is 2.00. The SMILES string of the molecule is COc1cc(/C=N\NC(=O)[C@H](COCc2ccccc2)NC(=O)OC(C)(C)C)ccc1C. The van der Waals surface area contributed by atoms with Crippen molar-refractivity contribution >= 4 is 18.2 Å². The minimum absolute atomic E-state index is 0.0478. The molecule has 0 fully saturated rings. The van der Waals surface area contributed by atoms with Crippen LogP contribution in [0.3, 0.4) is 0 Å². The molecule has 0 aliphatic heterocycles. The van der Waals surface area contributed by atoms with E-state index < -0.39 is 23.6 Å². The number of nitrogens with zero attached hydrogens (tertiary/aromatic N) is 1. The molecular weight excluding hydrogens is 410 g/mol. The Morgan fingerprint density at radius 3 is 2.50 bits per heavy atom. The summed E-state index contributed by atoms with van der Waals surface area (Å²) in [6.45, 7) is 7.42. The third-order valence-corrected chi connectivity index (χ3v) is 4.22. The summed E-state index contributed by atoms with van der Waals surface area (Å²) in [4.78, 5) is 24.8. The number of hydrazone groups is 1. The van der Waals surface area contributed by atoms with Crippen LogP contribution in [0.1, 0.15) is 37.5 Å². The van der Waals surface area contributed by atoms with Gasteiger partial charge in [0.2, 0.25) is 0 Å². The van der Waals surface area contributed by atoms with E-state index in [0.717, 1.165) is 22.4 Å². The second-order valence-electron chi connectivity index (χ2n) is 8.16. The predicted octanol–water partition coefficient (Wildman–Crippen LogP) is 3.56. The highest BCUT2D eigenvalue weighted by Gasteiger charge is 2.24. The summed E-state index contributed by atoms with van der Waals surface area (Å²) in [6, 6.07) is 14.1. The maximum Gasteiger partial charge on any atom is 0.408 e. The molecule has 0 bridgehead atoms. The Labute approximate surface area is 188 Å². The summed E-state index contributed by atoms with van der Waals surface area (Å²) in [5.41, 5.74) is 4.44. The first-order valence-electron chi connectivity index (χ1n) is 10.3. The van der Waals surface area contributed by atoms with E-state index in [-0.39, 0.29) is 6.61 Å². The molecule has 8 heteroatoms. The van der Waals surface area contributed by atoms with Crippen molar-refractivity contribution in [2.75, 3.05) is 13.7 Å². The van der Waals surface area contributed by atoms with Crippen LogP contribution >= 0.6 is 0 Å². The molecule has 0 aliphatic rings. The lowest BCUT2D eigenvalue weighted by atomic mass is 10.1. The Hall–Kier alpha value is -3.39. The van der Waals surface area contributed by atoms with Crippen molar-refractivity contribution in [3.8, 4) is 5.75 Å². The van der Waals surface area contributed by atoms with Crippen molar-refractivity contribution in [3.05, 3.63) is 65.2 Å². The molecule has 2 N–H and O–H groups in total. The molecule has 2 rings (SSSR count). The minimum Gasteiger partial charge on any atom is -0.496 e. The molecule has 1 atom stereocenters. The van der Waals surface area contributed by atoms with Crippen LogP contribution in [0.25, 0.3) is 0 Å². The van der Waals surface area contributed by atoms with Gasteiger partial charge in [-0.05, 0) is 50.5 Å². The number of ether oxygens (including phenoxy) is 3. The molecule has 0 aliphatic carbocycles. The predicted molar refractivity (Wildman–Crippen MR) is 123 cm³/mol. The number of hydrogen-bond donors (Lipinski definition) is 2. The Kier molecular flexibility index (Phi) is 9.22. The topological polar surface area (TPSA) is 98.3 Å². The molecule has 0 saturated heterocycles. The normalized spacial score (nSPS) is 12.3. The van der Waals surface area contributed by atoms with Crippen molar-refractivity contribution in [2.24, 2.45) is 5.10 Å². The van der Waals surface area contributed by atoms with Crippen LogP contribution < -0.4 is 15.5 Å². The zero-order valence-electron chi connectivity index (χ0n) is 19.2. The van der Waals surface area contributed by atoms with Crippen molar-refractivity contribution in [3.63, 3.8) is 0 Å². The molecule has 2 amide bonds. The number of hydrogen-bond acceptors (Lipinski definition) is 6. The second kappa shape index (κ2) is 11.9. The van der Waals surface area contributed by atoms with Gasteiger partial charge in [-0.15, -0.1) is 0 Å². The quantitative estimate of drug-likeness (QED) is 0.458. The van der Waals surface area contributed by atoms with Gasteiger partial charge in [-0.2, -0.15) is 5.10 Å². The van der Waals surface area contributed by atoms with Crippen LogP contribution in [-0.4, -0.2) is 43.6 Å². The molecule has 0 aromatic heterocycles. The summed E-state index contributed by atoms with van der Waals surface area (Å²) in [5, 5.41) is 6.53. The van der Waals surface area contributed by atoms with Crippen LogP contribution in [0.4, 0.5) is 4.79 Å². The third kappa shape index (κ3) is 8.77. The summed E-state index contributed by atoms with van der Waals surface area (Å²) < 4.78 is 16.2. The number of alkyl carbamates (subject to hydrolysis) is 1. The molecular formula is C24H31N3O5. The van der Waals surface area contributed by atoms with Gasteiger partial charge in [-0.25, -0.2) is 10.2 Å². The molecule has 2 aromatic carbocycles. The highest BCUT2D eigenvalue weighted by molar-refractivity contribution is 5.87. The van der Waals surface area contributed by atoms with Gasteiger partial charge in [0.15, 0.2) is 0 Å². The molecule has 32 heavy (non-hydrogen) atoms. The van der Waals surface area contributed by atoms with Gasteiger partial charge in [0.1, 0.15) is 17.4 Å². The number of methoxy groups -OCH3 is 1. The van der Waals surface area contributed by atoms with Gasteiger partial charge in [-0.3, -0.25) is 4.79 Å². The lowest BCUT2D eigenvalue weighted by molar-refractivity contribution is -0.124. The maximum absolute atomic E-state index is 12.7. The van der Waals surface area contributed by atoms with Crippen LogP contribution in [0.2, 0.25) is 0 Å². The standard InChI is InChI=1S/C24H31N3O5/c1-17-11-12-19(13-21(17)30-5)14-25-27-22(28)20(26-23(29)32-24(2,3)4)16-31-15-18-9-7-6-8-10-18/h6-14,20H,15-16H2,1-5H3,(H,26,29)(H,27,28)/b25-14-/t20-/m0/s1. The van der Waals surface area contributed by atoms with Gasteiger partial charge in [0.25, 0.3) is 5.91 Å². The molecule has 0 heterocycles. The average Bonchev–Trinajstić information content (AvgIpc) is 2.73. The highest BCUT2D eigenvalue weighted by Crippen LogP contribution is 2.17. The van der Waals surface area contributed by atoms with Crippen LogP contribution in [0, 0.1) is 6.92 Å². The summed E-state index contributed by atoms with van der Waals surface area (Å²) in [5.74, 6) is 0.193. The van der Waals surface area contributed by atoms with E-state index in [0.29, 0.717) is 6.61 Å². The van der Waals surface area contributed by atoms with Crippen molar-refractivity contribution in [1.82, 2.24) is 10.7 Å². The van der Waals surface area contributed by atoms with E-state index in [1.165, 1.54) is 6.21 Å². The first kappa shape index (κ1) is 24.9. The highest BCUT2D eigenvalue weighted by atomic mass is 16.6. The molecule has 0 saturated carbocycles. The van der Waals surface area contributed by atoms with Crippen LogP contribution in [0.5, 0.6) is 5.75 Å². The van der Waals surface area contributed by atoms with E-state index in [4.69, 9.17) is 14.2 Å². The zero-order chi connectivity index (χ0) is 23.6. The summed E-state index contributed by atoms with van der Waals surface area (Å²) in [7, 11) is 1.59. The number of amides is 2. The molecule has 0 radical (unpaired) electrons. The second-order valence-corrected chi connectivity index (χ2v) is 8.16. The Bertz CT molecular complexity index is 923. The van der Waals surface area contributed by atoms with Gasteiger partial charge in [0.05, 0.1) is 26.5 Å². The summed E-state index contributed by atoms with van der Waals surface area (Å²) >= 11 is 0. The van der Waals surface area contributed by atoms with Crippen LogP contribution in [-0.2, 0) is 20.9 Å². The minimum atomic E-state index is -0.988.